The third-order valence-corrected chi connectivity index (χ3v) is 14.5. The van der Waals surface area contributed by atoms with Crippen LogP contribution in [0.2, 0.25) is 0 Å². The second-order valence-electron chi connectivity index (χ2n) is 17.5. The molecule has 2 nitrogen and oxygen atoms in total. The predicted molar refractivity (Wildman–Crippen MR) is 246 cm³/mol. The number of hydrogen-bond acceptors (Lipinski definition) is 1. The van der Waals surface area contributed by atoms with Crippen LogP contribution in [-0.4, -0.2) is 9.13 Å². The molecule has 3 aromatic heterocycles. The molecule has 8 aromatic carbocycles. The molecule has 0 amide bonds. The molecule has 0 atom stereocenters. The summed E-state index contributed by atoms with van der Waals surface area (Å²) >= 11 is 1.88. The summed E-state index contributed by atoms with van der Waals surface area (Å²) in [4.78, 5) is 0. The van der Waals surface area contributed by atoms with Crippen LogP contribution in [0.25, 0.3) is 97.1 Å². The monoisotopic (exact) mass is 750 g/mol. The normalized spacial score (nSPS) is 15.2. The van der Waals surface area contributed by atoms with Gasteiger partial charge in [0.1, 0.15) is 0 Å². The highest BCUT2D eigenvalue weighted by Gasteiger charge is 2.38. The molecule has 0 N–H and O–H groups in total. The fourth-order valence-electron chi connectivity index (χ4n) is 10.4. The first-order valence-electron chi connectivity index (χ1n) is 20.3. The van der Waals surface area contributed by atoms with Gasteiger partial charge in [-0.25, -0.2) is 0 Å². The molecular weight excluding hydrogens is 709 g/mol. The van der Waals surface area contributed by atoms with Crippen LogP contribution >= 0.6 is 11.3 Å². The molecule has 0 aliphatic heterocycles. The fraction of sp³-hybridized carbons (Fsp3) is 0.148. The smallest absolute Gasteiger partial charge is 0.0549 e. The molecule has 274 valence electrons. The molecule has 1 aliphatic rings. The van der Waals surface area contributed by atoms with Gasteiger partial charge in [-0.15, -0.1) is 11.3 Å². The van der Waals surface area contributed by atoms with E-state index >= 15 is 0 Å². The Bertz CT molecular complexity index is 3440. The standard InChI is InChI=1S/C54H42N2S/c1-53(2)29-30-54(3,4)42-32-46-40(31-41(42)53)51-44(56(46)35-14-6-5-7-15-35)27-28-45-52(51)50-38-16-9-8-13-33(38)23-26-43(50)55(45)36-24-21-34(22-25-36)37-18-12-20-48-49(37)39-17-10-11-19-47(39)57-48/h5-28,31-32H,29-30H2,1-4H3. The van der Waals surface area contributed by atoms with Crippen molar-refractivity contribution in [1.82, 2.24) is 9.13 Å². The summed E-state index contributed by atoms with van der Waals surface area (Å²) in [5, 5.41) is 10.5. The average Bonchev–Trinajstić information content (AvgIpc) is 3.90. The Morgan fingerprint density at radius 1 is 0.421 bits per heavy atom. The van der Waals surface area contributed by atoms with E-state index in [1.54, 1.807) is 0 Å². The van der Waals surface area contributed by atoms with E-state index in [1.807, 2.05) is 11.3 Å². The first-order valence-corrected chi connectivity index (χ1v) is 21.1. The van der Waals surface area contributed by atoms with Crippen molar-refractivity contribution in [2.75, 3.05) is 0 Å². The van der Waals surface area contributed by atoms with E-state index in [-0.39, 0.29) is 10.8 Å². The molecule has 0 bridgehead atoms. The number of para-hydroxylation sites is 1. The van der Waals surface area contributed by atoms with Crippen molar-refractivity contribution in [2.45, 2.75) is 51.4 Å². The van der Waals surface area contributed by atoms with Gasteiger partial charge in [0, 0.05) is 53.1 Å². The van der Waals surface area contributed by atoms with Crippen molar-refractivity contribution >= 4 is 85.9 Å². The van der Waals surface area contributed by atoms with Gasteiger partial charge in [-0.3, -0.25) is 0 Å². The first-order chi connectivity index (χ1) is 27.8. The van der Waals surface area contributed by atoms with Crippen LogP contribution in [0.15, 0.2) is 158 Å². The van der Waals surface area contributed by atoms with E-state index in [0.717, 1.165) is 0 Å². The van der Waals surface area contributed by atoms with Gasteiger partial charge in [0.2, 0.25) is 0 Å². The van der Waals surface area contributed by atoms with E-state index in [9.17, 15) is 0 Å². The lowest BCUT2D eigenvalue weighted by molar-refractivity contribution is 0.332. The molecular formula is C54H42N2S. The molecule has 0 radical (unpaired) electrons. The number of rotatable bonds is 3. The van der Waals surface area contributed by atoms with Crippen molar-refractivity contribution in [1.29, 1.82) is 0 Å². The highest BCUT2D eigenvalue weighted by Crippen LogP contribution is 2.51. The summed E-state index contributed by atoms with van der Waals surface area (Å²) in [6.45, 7) is 9.77. The van der Waals surface area contributed by atoms with Crippen molar-refractivity contribution in [3.8, 4) is 22.5 Å². The van der Waals surface area contributed by atoms with Crippen LogP contribution < -0.4 is 0 Å². The summed E-state index contributed by atoms with van der Waals surface area (Å²) in [5.74, 6) is 0. The topological polar surface area (TPSA) is 9.86 Å². The number of nitrogens with zero attached hydrogens (tertiary/aromatic N) is 2. The van der Waals surface area contributed by atoms with Crippen LogP contribution in [0, 0.1) is 0 Å². The number of thiophene rings is 1. The van der Waals surface area contributed by atoms with Crippen molar-refractivity contribution < 1.29 is 0 Å². The van der Waals surface area contributed by atoms with Crippen LogP contribution in [0.3, 0.4) is 0 Å². The Morgan fingerprint density at radius 2 is 1.00 bits per heavy atom. The van der Waals surface area contributed by atoms with Gasteiger partial charge >= 0.3 is 0 Å². The summed E-state index contributed by atoms with van der Waals surface area (Å²) in [7, 11) is 0. The Labute approximate surface area is 336 Å². The lowest BCUT2D eigenvalue weighted by atomic mass is 9.63. The van der Waals surface area contributed by atoms with E-state index in [2.05, 4.69) is 195 Å². The van der Waals surface area contributed by atoms with Gasteiger partial charge in [-0.2, -0.15) is 0 Å². The molecule has 0 unspecified atom stereocenters. The van der Waals surface area contributed by atoms with Crippen molar-refractivity contribution in [3.63, 3.8) is 0 Å². The summed E-state index contributed by atoms with van der Waals surface area (Å²) < 4.78 is 7.71. The minimum Gasteiger partial charge on any atom is -0.309 e. The molecule has 3 heterocycles. The van der Waals surface area contributed by atoms with Gasteiger partial charge in [-0.1, -0.05) is 119 Å². The van der Waals surface area contributed by atoms with Gasteiger partial charge in [0.25, 0.3) is 0 Å². The van der Waals surface area contributed by atoms with E-state index in [4.69, 9.17) is 0 Å². The Balaban J connectivity index is 1.19. The second-order valence-corrected chi connectivity index (χ2v) is 18.6. The maximum absolute atomic E-state index is 2.59. The van der Waals surface area contributed by atoms with E-state index in [0.29, 0.717) is 0 Å². The Morgan fingerprint density at radius 3 is 1.77 bits per heavy atom. The van der Waals surface area contributed by atoms with Crippen LogP contribution in [0.4, 0.5) is 0 Å². The van der Waals surface area contributed by atoms with Gasteiger partial charge in [-0.05, 0) is 123 Å². The lowest BCUT2D eigenvalue weighted by Crippen LogP contribution is -2.33. The fourth-order valence-corrected chi connectivity index (χ4v) is 11.5. The van der Waals surface area contributed by atoms with Gasteiger partial charge in [0.15, 0.2) is 0 Å². The number of hydrogen-bond donors (Lipinski definition) is 0. The number of aromatic nitrogens is 2. The van der Waals surface area contributed by atoms with Crippen LogP contribution in [-0.2, 0) is 10.8 Å². The third-order valence-electron chi connectivity index (χ3n) is 13.4. The summed E-state index contributed by atoms with van der Waals surface area (Å²) in [6.07, 6.45) is 2.37. The zero-order valence-corrected chi connectivity index (χ0v) is 33.5. The molecule has 57 heavy (non-hydrogen) atoms. The molecule has 12 rings (SSSR count). The first kappa shape index (κ1) is 33.0. The zero-order valence-electron chi connectivity index (χ0n) is 32.7. The molecule has 3 heteroatoms. The molecule has 1 aliphatic carbocycles. The lowest BCUT2D eigenvalue weighted by Gasteiger charge is -2.42. The summed E-state index contributed by atoms with van der Waals surface area (Å²) in [6, 6.07) is 59.3. The predicted octanol–water partition coefficient (Wildman–Crippen LogP) is 15.4. The van der Waals surface area contributed by atoms with Crippen LogP contribution in [0.1, 0.15) is 51.7 Å². The second kappa shape index (κ2) is 11.7. The molecule has 11 aromatic rings. The summed E-state index contributed by atoms with van der Waals surface area (Å²) in [5.41, 5.74) is 13.1. The largest absolute Gasteiger partial charge is 0.309 e. The van der Waals surface area contributed by atoms with Gasteiger partial charge < -0.3 is 9.13 Å². The maximum atomic E-state index is 2.59. The third kappa shape index (κ3) is 4.64. The molecule has 0 fully saturated rings. The molecule has 0 saturated heterocycles. The van der Waals surface area contributed by atoms with Crippen LogP contribution in [0.5, 0.6) is 0 Å². The zero-order chi connectivity index (χ0) is 38.2. The maximum Gasteiger partial charge on any atom is 0.0549 e. The van der Waals surface area contributed by atoms with Gasteiger partial charge in [0.05, 0.1) is 22.1 Å². The Hall–Kier alpha value is -6.16. The highest BCUT2D eigenvalue weighted by atomic mass is 32.1. The Kier molecular flexibility index (Phi) is 6.77. The quantitative estimate of drug-likeness (QED) is 0.170. The minimum atomic E-state index is 0.0934. The molecule has 0 spiro atoms. The van der Waals surface area contributed by atoms with E-state index in [1.165, 1.54) is 121 Å². The minimum absolute atomic E-state index is 0.0934. The SMILES string of the molecule is CC1(C)CCC(C)(C)c2cc3c(cc21)c1c2c4c5ccccc5ccc4n(-c4ccc(-c5cccc6sc7ccccc7c56)cc4)c2ccc1n3-c1ccccc1. The average molecular weight is 751 g/mol. The molecule has 0 saturated carbocycles. The van der Waals surface area contributed by atoms with Crippen molar-refractivity contribution in [2.24, 2.45) is 0 Å². The highest BCUT2D eigenvalue weighted by molar-refractivity contribution is 7.25. The van der Waals surface area contributed by atoms with E-state index < -0.39 is 0 Å². The number of fused-ring (bicyclic) bond motifs is 13. The number of benzene rings is 8. The van der Waals surface area contributed by atoms with Crippen molar-refractivity contribution in [3.05, 3.63) is 169 Å².